The van der Waals surface area contributed by atoms with Gasteiger partial charge in [0.25, 0.3) is 20.0 Å². The number of sulfonamides is 2. The number of nitrogens with zero attached hydrogens (tertiary/aromatic N) is 2. The first-order chi connectivity index (χ1) is 16.4. The molecule has 0 N–H and O–H groups in total. The molecule has 0 aliphatic rings. The van der Waals surface area contributed by atoms with E-state index in [9.17, 15) is 16.8 Å². The van der Waals surface area contributed by atoms with Crippen LogP contribution in [-0.2, 0) is 20.0 Å². The van der Waals surface area contributed by atoms with Crippen molar-refractivity contribution in [3.8, 4) is 0 Å². The van der Waals surface area contributed by atoms with Crippen molar-refractivity contribution in [2.24, 2.45) is 0 Å². The molecule has 0 unspecified atom stereocenters. The average molecular weight is 493 g/mol. The summed E-state index contributed by atoms with van der Waals surface area (Å²) >= 11 is 0. The van der Waals surface area contributed by atoms with Crippen LogP contribution in [0.5, 0.6) is 0 Å². The van der Waals surface area contributed by atoms with E-state index in [4.69, 9.17) is 0 Å². The van der Waals surface area contributed by atoms with Crippen molar-refractivity contribution in [3.05, 3.63) is 121 Å². The minimum atomic E-state index is -3.93. The SMILES string of the molecule is O=S(=O)(c1ccccc1)N(CCN(c1ccccc1)S(=O)(=O)c1ccccc1)c1ccccc1. The second-order valence-electron chi connectivity index (χ2n) is 7.45. The van der Waals surface area contributed by atoms with Gasteiger partial charge < -0.3 is 0 Å². The Balaban J connectivity index is 1.74. The van der Waals surface area contributed by atoms with Gasteiger partial charge in [-0.05, 0) is 48.5 Å². The molecule has 0 saturated carbocycles. The Bertz CT molecular complexity index is 1300. The van der Waals surface area contributed by atoms with Crippen LogP contribution in [0.15, 0.2) is 131 Å². The van der Waals surface area contributed by atoms with Gasteiger partial charge in [-0.15, -0.1) is 0 Å². The van der Waals surface area contributed by atoms with Gasteiger partial charge in [0.05, 0.1) is 34.3 Å². The second-order valence-corrected chi connectivity index (χ2v) is 11.2. The first kappa shape index (κ1) is 23.5. The quantitative estimate of drug-likeness (QED) is 0.337. The molecule has 0 fully saturated rings. The normalized spacial score (nSPS) is 11.6. The van der Waals surface area contributed by atoms with Crippen molar-refractivity contribution < 1.29 is 16.8 Å². The van der Waals surface area contributed by atoms with Crippen molar-refractivity contribution in [2.75, 3.05) is 21.7 Å². The van der Waals surface area contributed by atoms with E-state index < -0.39 is 20.0 Å². The largest absolute Gasteiger partial charge is 0.265 e. The van der Waals surface area contributed by atoms with Gasteiger partial charge >= 0.3 is 0 Å². The van der Waals surface area contributed by atoms with Crippen LogP contribution < -0.4 is 8.61 Å². The van der Waals surface area contributed by atoms with E-state index in [0.29, 0.717) is 11.4 Å². The Morgan fingerprint density at radius 1 is 0.412 bits per heavy atom. The summed E-state index contributed by atoms with van der Waals surface area (Å²) in [4.78, 5) is 0.270. The molecule has 8 heteroatoms. The van der Waals surface area contributed by atoms with E-state index in [0.717, 1.165) is 0 Å². The van der Waals surface area contributed by atoms with Crippen LogP contribution >= 0.6 is 0 Å². The first-order valence-corrected chi connectivity index (χ1v) is 13.5. The maximum Gasteiger partial charge on any atom is 0.264 e. The molecule has 0 heterocycles. The lowest BCUT2D eigenvalue weighted by Crippen LogP contribution is -2.41. The Kier molecular flexibility index (Phi) is 7.00. The molecule has 0 atom stereocenters. The lowest BCUT2D eigenvalue weighted by atomic mass is 10.3. The van der Waals surface area contributed by atoms with E-state index in [-0.39, 0.29) is 22.9 Å². The van der Waals surface area contributed by atoms with Gasteiger partial charge in [-0.3, -0.25) is 8.61 Å². The third-order valence-electron chi connectivity index (χ3n) is 5.26. The Morgan fingerprint density at radius 3 is 0.971 bits per heavy atom. The fourth-order valence-corrected chi connectivity index (χ4v) is 6.54. The third kappa shape index (κ3) is 4.98. The van der Waals surface area contributed by atoms with Crippen LogP contribution in [0.4, 0.5) is 11.4 Å². The molecule has 34 heavy (non-hydrogen) atoms. The number of benzene rings is 4. The molecule has 0 bridgehead atoms. The highest BCUT2D eigenvalue weighted by Gasteiger charge is 2.29. The Morgan fingerprint density at radius 2 is 0.676 bits per heavy atom. The zero-order valence-corrected chi connectivity index (χ0v) is 19.9. The Labute approximate surface area is 200 Å². The van der Waals surface area contributed by atoms with Crippen molar-refractivity contribution in [1.29, 1.82) is 0 Å². The lowest BCUT2D eigenvalue weighted by molar-refractivity contribution is 0.584. The smallest absolute Gasteiger partial charge is 0.264 e. The molecule has 0 aliphatic heterocycles. The van der Waals surface area contributed by atoms with E-state index in [1.807, 2.05) is 0 Å². The van der Waals surface area contributed by atoms with Gasteiger partial charge in [0.15, 0.2) is 0 Å². The highest BCUT2D eigenvalue weighted by Crippen LogP contribution is 2.27. The van der Waals surface area contributed by atoms with Crippen LogP contribution in [0.3, 0.4) is 0 Å². The van der Waals surface area contributed by atoms with Crippen molar-refractivity contribution in [3.63, 3.8) is 0 Å². The number of rotatable bonds is 9. The molecule has 0 saturated heterocycles. The fraction of sp³-hybridized carbons (Fsp3) is 0.0769. The molecule has 0 amide bonds. The van der Waals surface area contributed by atoms with Gasteiger partial charge in [-0.2, -0.15) is 0 Å². The minimum absolute atomic E-state index is 0.0812. The second kappa shape index (κ2) is 10.1. The molecule has 0 aromatic heterocycles. The predicted octanol–water partition coefficient (Wildman–Crippen LogP) is 4.78. The summed E-state index contributed by atoms with van der Waals surface area (Å²) in [5.41, 5.74) is 0.910. The topological polar surface area (TPSA) is 74.8 Å². The van der Waals surface area contributed by atoms with E-state index in [1.165, 1.54) is 32.9 Å². The summed E-state index contributed by atoms with van der Waals surface area (Å²) in [6.07, 6.45) is 0. The zero-order valence-electron chi connectivity index (χ0n) is 18.3. The van der Waals surface area contributed by atoms with Crippen LogP contribution in [0.25, 0.3) is 0 Å². The molecule has 4 aromatic rings. The summed E-state index contributed by atoms with van der Waals surface area (Å²) in [6.45, 7) is -0.162. The molecular weight excluding hydrogens is 468 g/mol. The van der Waals surface area contributed by atoms with Crippen LogP contribution in [0.2, 0.25) is 0 Å². The molecule has 0 spiro atoms. The summed E-state index contributed by atoms with van der Waals surface area (Å²) in [5, 5.41) is 0. The van der Waals surface area contributed by atoms with Gasteiger partial charge in [0.1, 0.15) is 0 Å². The maximum atomic E-state index is 13.6. The molecule has 174 valence electrons. The van der Waals surface area contributed by atoms with Crippen LogP contribution in [-0.4, -0.2) is 29.9 Å². The van der Waals surface area contributed by atoms with Crippen molar-refractivity contribution in [1.82, 2.24) is 0 Å². The van der Waals surface area contributed by atoms with Crippen LogP contribution in [0, 0.1) is 0 Å². The van der Waals surface area contributed by atoms with Crippen molar-refractivity contribution >= 4 is 31.4 Å². The van der Waals surface area contributed by atoms with E-state index in [2.05, 4.69) is 0 Å². The molecule has 6 nitrogen and oxygen atoms in total. The molecule has 0 radical (unpaired) electrons. The van der Waals surface area contributed by atoms with Gasteiger partial charge in [0.2, 0.25) is 0 Å². The standard InChI is InChI=1S/C26H24N2O4S2/c29-33(30,25-17-9-3-10-18-25)27(23-13-5-1-6-14-23)21-22-28(24-15-7-2-8-16-24)34(31,32)26-19-11-4-12-20-26/h1-20H,21-22H2. The molecular formula is C26H24N2O4S2. The molecule has 4 rings (SSSR count). The summed E-state index contributed by atoms with van der Waals surface area (Å²) in [5.74, 6) is 0. The zero-order chi connectivity index (χ0) is 24.0. The van der Waals surface area contributed by atoms with E-state index >= 15 is 0 Å². The molecule has 4 aromatic carbocycles. The number of hydrogen-bond acceptors (Lipinski definition) is 4. The number of para-hydroxylation sites is 2. The first-order valence-electron chi connectivity index (χ1n) is 10.7. The van der Waals surface area contributed by atoms with Gasteiger partial charge in [-0.1, -0.05) is 72.8 Å². The summed E-state index contributed by atoms with van der Waals surface area (Å²) < 4.78 is 56.7. The maximum absolute atomic E-state index is 13.6. The van der Waals surface area contributed by atoms with Crippen LogP contribution in [0.1, 0.15) is 0 Å². The van der Waals surface area contributed by atoms with E-state index in [1.54, 1.807) is 97.1 Å². The average Bonchev–Trinajstić information content (AvgIpc) is 2.88. The highest BCUT2D eigenvalue weighted by molar-refractivity contribution is 7.93. The fourth-order valence-electron chi connectivity index (χ4n) is 3.59. The minimum Gasteiger partial charge on any atom is -0.265 e. The number of anilines is 2. The number of hydrogen-bond donors (Lipinski definition) is 0. The summed E-state index contributed by atoms with van der Waals surface area (Å²) in [6, 6.07) is 33.6. The molecule has 0 aliphatic carbocycles. The lowest BCUT2D eigenvalue weighted by Gasteiger charge is -2.29. The third-order valence-corrected chi connectivity index (χ3v) is 8.94. The van der Waals surface area contributed by atoms with Gasteiger partial charge in [-0.25, -0.2) is 16.8 Å². The van der Waals surface area contributed by atoms with Gasteiger partial charge in [0, 0.05) is 0 Å². The monoisotopic (exact) mass is 492 g/mol. The predicted molar refractivity (Wildman–Crippen MR) is 135 cm³/mol. The Hall–Kier alpha value is -3.62. The van der Waals surface area contributed by atoms with Crippen molar-refractivity contribution in [2.45, 2.75) is 9.79 Å². The summed E-state index contributed by atoms with van der Waals surface area (Å²) in [7, 11) is -7.86. The highest BCUT2D eigenvalue weighted by atomic mass is 32.2.